The minimum atomic E-state index is -1.30. The maximum atomic E-state index is 13.5. The predicted molar refractivity (Wildman–Crippen MR) is 65.1 cm³/mol. The first kappa shape index (κ1) is 14.6. The highest BCUT2D eigenvalue weighted by molar-refractivity contribution is 6.05. The average Bonchev–Trinajstić information content (AvgIpc) is 2.33. The number of carbonyl (C=O) groups is 3. The number of halogens is 1. The molecule has 2 amide bonds. The summed E-state index contributed by atoms with van der Waals surface area (Å²) in [5.74, 6) is -4.96. The molecule has 0 saturated carbocycles. The summed E-state index contributed by atoms with van der Waals surface area (Å²) in [6.07, 6.45) is 0. The molecule has 1 unspecified atom stereocenters. The van der Waals surface area contributed by atoms with Crippen LogP contribution < -0.4 is 11.1 Å². The number of hydrogen-bond acceptors (Lipinski definition) is 3. The normalized spacial score (nSPS) is 11.7. The van der Waals surface area contributed by atoms with Crippen molar-refractivity contribution in [3.63, 3.8) is 0 Å². The first-order valence-electron chi connectivity index (χ1n) is 5.37. The summed E-state index contributed by atoms with van der Waals surface area (Å²) in [7, 11) is 0. The molecule has 0 radical (unpaired) electrons. The maximum Gasteiger partial charge on any atom is 0.315 e. The number of hydrogen-bond donors (Lipinski definition) is 3. The summed E-state index contributed by atoms with van der Waals surface area (Å²) in [4.78, 5) is 33.2. The molecular weight excluding hydrogens is 255 g/mol. The zero-order valence-electron chi connectivity index (χ0n) is 10.4. The zero-order chi connectivity index (χ0) is 14.7. The molecule has 4 N–H and O–H groups in total. The summed E-state index contributed by atoms with van der Waals surface area (Å²) in [6.45, 7) is 2.59. The highest BCUT2D eigenvalue weighted by Crippen LogP contribution is 2.21. The molecule has 0 aliphatic heterocycles. The number of anilines is 1. The molecule has 0 aliphatic rings. The molecule has 1 atom stereocenters. The van der Waals surface area contributed by atoms with Gasteiger partial charge < -0.3 is 16.2 Å². The first-order chi connectivity index (χ1) is 8.73. The van der Waals surface area contributed by atoms with E-state index in [0.717, 1.165) is 6.07 Å². The number of benzene rings is 1. The van der Waals surface area contributed by atoms with Gasteiger partial charge in [0, 0.05) is 16.8 Å². The van der Waals surface area contributed by atoms with E-state index in [0.29, 0.717) is 0 Å². The van der Waals surface area contributed by atoms with Crippen LogP contribution >= 0.6 is 0 Å². The van der Waals surface area contributed by atoms with Crippen molar-refractivity contribution < 1.29 is 23.9 Å². The van der Waals surface area contributed by atoms with Gasteiger partial charge in [0.25, 0.3) is 0 Å². The molecule has 102 valence electrons. The number of amides is 2. The van der Waals surface area contributed by atoms with Crippen LogP contribution in [0.2, 0.25) is 0 Å². The summed E-state index contributed by atoms with van der Waals surface area (Å²) < 4.78 is 13.5. The standard InChI is InChI=1S/C12H13FN2O4/c1-5-8(13)3-7(10(14)16)4-9(5)15-11(17)6(2)12(18)19/h3-4,6H,1-2H3,(H2,14,16)(H,15,17)(H,18,19). The van der Waals surface area contributed by atoms with Crippen molar-refractivity contribution in [2.75, 3.05) is 5.32 Å². The van der Waals surface area contributed by atoms with Crippen molar-refractivity contribution >= 4 is 23.5 Å². The summed E-state index contributed by atoms with van der Waals surface area (Å²) in [5.41, 5.74) is 5.03. The quantitative estimate of drug-likeness (QED) is 0.704. The second-order valence-electron chi connectivity index (χ2n) is 4.04. The summed E-state index contributed by atoms with van der Waals surface area (Å²) in [6, 6.07) is 2.15. The second kappa shape index (κ2) is 5.47. The average molecular weight is 268 g/mol. The van der Waals surface area contributed by atoms with Gasteiger partial charge in [-0.15, -0.1) is 0 Å². The predicted octanol–water partition coefficient (Wildman–Crippen LogP) is 0.892. The van der Waals surface area contributed by atoms with Gasteiger partial charge in [-0.1, -0.05) is 0 Å². The van der Waals surface area contributed by atoms with Gasteiger partial charge in [0.15, 0.2) is 0 Å². The van der Waals surface area contributed by atoms with Gasteiger partial charge in [0.2, 0.25) is 11.8 Å². The van der Waals surface area contributed by atoms with Crippen LogP contribution in [0.1, 0.15) is 22.8 Å². The third-order valence-corrected chi connectivity index (χ3v) is 2.65. The van der Waals surface area contributed by atoms with Gasteiger partial charge in [-0.25, -0.2) is 4.39 Å². The third-order valence-electron chi connectivity index (χ3n) is 2.65. The molecule has 0 fully saturated rings. The van der Waals surface area contributed by atoms with Gasteiger partial charge in [-0.2, -0.15) is 0 Å². The topological polar surface area (TPSA) is 109 Å². The van der Waals surface area contributed by atoms with E-state index in [1.165, 1.54) is 19.9 Å². The van der Waals surface area contributed by atoms with Crippen LogP contribution in [0, 0.1) is 18.7 Å². The number of carbonyl (C=O) groups excluding carboxylic acids is 2. The van der Waals surface area contributed by atoms with Crippen LogP contribution in [0.5, 0.6) is 0 Å². The minimum absolute atomic E-state index is 0.0203. The number of nitrogens with one attached hydrogen (secondary N) is 1. The van der Waals surface area contributed by atoms with Crippen molar-refractivity contribution in [3.05, 3.63) is 29.1 Å². The minimum Gasteiger partial charge on any atom is -0.481 e. The van der Waals surface area contributed by atoms with Gasteiger partial charge in [0.1, 0.15) is 11.7 Å². The van der Waals surface area contributed by atoms with Gasteiger partial charge in [-0.05, 0) is 26.0 Å². The highest BCUT2D eigenvalue weighted by atomic mass is 19.1. The van der Waals surface area contributed by atoms with E-state index in [2.05, 4.69) is 5.32 Å². The molecular formula is C12H13FN2O4. The Kier molecular flexibility index (Phi) is 4.21. The molecule has 7 heteroatoms. The van der Waals surface area contributed by atoms with Gasteiger partial charge >= 0.3 is 5.97 Å². The lowest BCUT2D eigenvalue weighted by Gasteiger charge is -2.12. The van der Waals surface area contributed by atoms with Gasteiger partial charge in [0.05, 0.1) is 0 Å². The largest absolute Gasteiger partial charge is 0.481 e. The van der Waals surface area contributed by atoms with E-state index in [1.54, 1.807) is 0 Å². The van der Waals surface area contributed by atoms with Crippen LogP contribution in [-0.2, 0) is 9.59 Å². The number of aliphatic carboxylic acids is 1. The Morgan fingerprint density at radius 1 is 1.37 bits per heavy atom. The smallest absolute Gasteiger partial charge is 0.315 e. The van der Waals surface area contributed by atoms with E-state index in [9.17, 15) is 18.8 Å². The monoisotopic (exact) mass is 268 g/mol. The fraction of sp³-hybridized carbons (Fsp3) is 0.250. The molecule has 1 aromatic carbocycles. The Labute approximate surface area is 108 Å². The first-order valence-corrected chi connectivity index (χ1v) is 5.37. The molecule has 19 heavy (non-hydrogen) atoms. The van der Waals surface area contributed by atoms with Gasteiger partial charge in [-0.3, -0.25) is 14.4 Å². The Balaban J connectivity index is 3.10. The van der Waals surface area contributed by atoms with E-state index < -0.39 is 29.5 Å². The molecule has 6 nitrogen and oxygen atoms in total. The molecule has 1 rings (SSSR count). The summed E-state index contributed by atoms with van der Waals surface area (Å²) >= 11 is 0. The molecule has 0 spiro atoms. The zero-order valence-corrected chi connectivity index (χ0v) is 10.4. The van der Waals surface area contributed by atoms with E-state index in [1.807, 2.05) is 0 Å². The Hall–Kier alpha value is -2.44. The van der Waals surface area contributed by atoms with Crippen LogP contribution in [-0.4, -0.2) is 22.9 Å². The number of primary amides is 1. The lowest BCUT2D eigenvalue weighted by atomic mass is 10.1. The molecule has 0 aliphatic carbocycles. The van der Waals surface area contributed by atoms with Crippen molar-refractivity contribution in [1.82, 2.24) is 0 Å². The molecule has 0 heterocycles. The van der Waals surface area contributed by atoms with E-state index >= 15 is 0 Å². The number of carboxylic acid groups (broad SMARTS) is 1. The Morgan fingerprint density at radius 2 is 1.95 bits per heavy atom. The lowest BCUT2D eigenvalue weighted by molar-refractivity contribution is -0.144. The maximum absolute atomic E-state index is 13.5. The Morgan fingerprint density at radius 3 is 2.42 bits per heavy atom. The third kappa shape index (κ3) is 3.27. The second-order valence-corrected chi connectivity index (χ2v) is 4.04. The fourth-order valence-electron chi connectivity index (χ4n) is 1.30. The molecule has 1 aromatic rings. The van der Waals surface area contributed by atoms with Crippen LogP contribution in [0.4, 0.5) is 10.1 Å². The van der Waals surface area contributed by atoms with Crippen molar-refractivity contribution in [3.8, 4) is 0 Å². The van der Waals surface area contributed by atoms with E-state index in [4.69, 9.17) is 10.8 Å². The van der Waals surface area contributed by atoms with E-state index in [-0.39, 0.29) is 16.8 Å². The number of nitrogens with two attached hydrogens (primary N) is 1. The van der Waals surface area contributed by atoms with Crippen LogP contribution in [0.15, 0.2) is 12.1 Å². The Bertz CT molecular complexity index is 557. The molecule has 0 bridgehead atoms. The van der Waals surface area contributed by atoms with Crippen LogP contribution in [0.3, 0.4) is 0 Å². The fourth-order valence-corrected chi connectivity index (χ4v) is 1.30. The van der Waals surface area contributed by atoms with Crippen molar-refractivity contribution in [2.45, 2.75) is 13.8 Å². The molecule has 0 aromatic heterocycles. The van der Waals surface area contributed by atoms with Crippen molar-refractivity contribution in [2.24, 2.45) is 11.7 Å². The highest BCUT2D eigenvalue weighted by Gasteiger charge is 2.22. The number of carboxylic acids is 1. The number of rotatable bonds is 4. The summed E-state index contributed by atoms with van der Waals surface area (Å²) in [5, 5.41) is 10.9. The van der Waals surface area contributed by atoms with Crippen LogP contribution in [0.25, 0.3) is 0 Å². The SMILES string of the molecule is Cc1c(F)cc(C(N)=O)cc1NC(=O)C(C)C(=O)O. The lowest BCUT2D eigenvalue weighted by Crippen LogP contribution is -2.27. The molecule has 0 saturated heterocycles. The van der Waals surface area contributed by atoms with Crippen molar-refractivity contribution in [1.29, 1.82) is 0 Å².